The van der Waals surface area contributed by atoms with Crippen LogP contribution in [0.1, 0.15) is 35.7 Å². The summed E-state index contributed by atoms with van der Waals surface area (Å²) in [6, 6.07) is 15.0. The summed E-state index contributed by atoms with van der Waals surface area (Å²) in [4.78, 5) is 19.9. The van der Waals surface area contributed by atoms with E-state index >= 15 is 0 Å². The number of methoxy groups -OCH3 is 1. The van der Waals surface area contributed by atoms with Gasteiger partial charge in [-0.25, -0.2) is 18.1 Å². The van der Waals surface area contributed by atoms with E-state index in [9.17, 15) is 13.2 Å². The number of aromatic nitrogens is 4. The number of benzene rings is 2. The number of nitrogens with zero attached hydrogens (tertiary/aromatic N) is 5. The summed E-state index contributed by atoms with van der Waals surface area (Å²) < 4.78 is 33.7. The van der Waals surface area contributed by atoms with E-state index < -0.39 is 9.84 Å². The molecule has 3 heterocycles. The van der Waals surface area contributed by atoms with Crippen molar-refractivity contribution in [1.29, 1.82) is 0 Å². The number of amides is 1. The third-order valence-electron chi connectivity index (χ3n) is 6.47. The molecule has 198 valence electrons. The molecular weight excluding hydrogens is 504 g/mol. The van der Waals surface area contributed by atoms with E-state index in [1.165, 1.54) is 4.68 Å². The van der Waals surface area contributed by atoms with Crippen molar-refractivity contribution in [3.63, 3.8) is 0 Å². The number of imidazole rings is 1. The molecule has 1 amide bonds. The Morgan fingerprint density at radius 2 is 1.68 bits per heavy atom. The Balaban J connectivity index is 1.49. The number of carbonyl (C=O) groups is 1. The molecule has 38 heavy (non-hydrogen) atoms. The molecule has 1 aliphatic rings. The Labute approximate surface area is 221 Å². The number of hydrogen-bond donors (Lipinski definition) is 1. The van der Waals surface area contributed by atoms with Crippen molar-refractivity contribution in [1.82, 2.24) is 24.6 Å². The van der Waals surface area contributed by atoms with Gasteiger partial charge in [-0.15, -0.1) is 0 Å². The molecule has 2 aromatic carbocycles. The van der Waals surface area contributed by atoms with Crippen LogP contribution >= 0.6 is 0 Å². The maximum absolute atomic E-state index is 13.8. The Bertz CT molecular complexity index is 1570. The van der Waals surface area contributed by atoms with E-state index in [2.05, 4.69) is 29.2 Å². The molecule has 0 saturated heterocycles. The predicted octanol–water partition coefficient (Wildman–Crippen LogP) is 3.17. The van der Waals surface area contributed by atoms with Gasteiger partial charge >= 0.3 is 0 Å². The molecule has 11 heteroatoms. The Morgan fingerprint density at radius 1 is 1.03 bits per heavy atom. The monoisotopic (exact) mass is 534 g/mol. The fourth-order valence-corrected chi connectivity index (χ4v) is 5.45. The van der Waals surface area contributed by atoms with Gasteiger partial charge in [-0.3, -0.25) is 4.79 Å². The molecule has 0 bridgehead atoms. The number of rotatable bonds is 8. The number of anilines is 1. The van der Waals surface area contributed by atoms with Crippen molar-refractivity contribution in [2.24, 2.45) is 0 Å². The molecule has 0 radical (unpaired) electrons. The second-order valence-electron chi connectivity index (χ2n) is 9.49. The summed E-state index contributed by atoms with van der Waals surface area (Å²) in [5.74, 6) is 1.23. The standard InChI is InChI=1S/C27H30N6O4S/c1-18(2)29-17-24-28-14-16-31(24)19-5-7-20(8-6-19)32-15-13-23-25(27(32)34)33(30-26(23)38(4,35)36)21-9-11-22(37-3)12-10-21/h5-12,14,16,18,29H,13,15,17H2,1-4H3. The van der Waals surface area contributed by atoms with Gasteiger partial charge in [0.1, 0.15) is 17.3 Å². The minimum absolute atomic E-state index is 0.0608. The Morgan fingerprint density at radius 3 is 2.32 bits per heavy atom. The summed E-state index contributed by atoms with van der Waals surface area (Å²) >= 11 is 0. The quantitative estimate of drug-likeness (QED) is 0.370. The first-order valence-electron chi connectivity index (χ1n) is 12.3. The molecule has 0 unspecified atom stereocenters. The molecule has 1 N–H and O–H groups in total. The number of hydrogen-bond acceptors (Lipinski definition) is 7. The summed E-state index contributed by atoms with van der Waals surface area (Å²) in [5.41, 5.74) is 2.92. The number of sulfone groups is 1. The van der Waals surface area contributed by atoms with Crippen LogP contribution in [-0.2, 0) is 22.8 Å². The molecule has 0 saturated carbocycles. The van der Waals surface area contributed by atoms with Crippen molar-refractivity contribution in [3.8, 4) is 17.1 Å². The number of ether oxygens (including phenoxy) is 1. The van der Waals surface area contributed by atoms with Gasteiger partial charge in [-0.05, 0) is 55.0 Å². The van der Waals surface area contributed by atoms with E-state index in [0.717, 1.165) is 23.5 Å². The zero-order chi connectivity index (χ0) is 27.0. The van der Waals surface area contributed by atoms with Crippen LogP contribution in [0, 0.1) is 0 Å². The minimum atomic E-state index is -3.64. The number of nitrogens with one attached hydrogen (secondary N) is 1. The van der Waals surface area contributed by atoms with E-state index in [4.69, 9.17) is 4.74 Å². The van der Waals surface area contributed by atoms with Crippen LogP contribution in [0.4, 0.5) is 5.69 Å². The third-order valence-corrected chi connectivity index (χ3v) is 7.50. The van der Waals surface area contributed by atoms with Gasteiger partial charge in [0.2, 0.25) is 0 Å². The molecule has 1 aliphatic heterocycles. The summed E-state index contributed by atoms with van der Waals surface area (Å²) in [7, 11) is -2.07. The first kappa shape index (κ1) is 25.7. The zero-order valence-corrected chi connectivity index (χ0v) is 22.6. The van der Waals surface area contributed by atoms with Gasteiger partial charge in [-0.1, -0.05) is 13.8 Å². The van der Waals surface area contributed by atoms with Crippen LogP contribution in [0.5, 0.6) is 5.75 Å². The van der Waals surface area contributed by atoms with Crippen molar-refractivity contribution in [2.45, 2.75) is 37.9 Å². The van der Waals surface area contributed by atoms with Gasteiger partial charge in [0.15, 0.2) is 14.9 Å². The first-order valence-corrected chi connectivity index (χ1v) is 14.2. The first-order chi connectivity index (χ1) is 18.2. The predicted molar refractivity (Wildman–Crippen MR) is 144 cm³/mol. The highest BCUT2D eigenvalue weighted by Gasteiger charge is 2.35. The largest absolute Gasteiger partial charge is 0.497 e. The average molecular weight is 535 g/mol. The smallest absolute Gasteiger partial charge is 0.277 e. The summed E-state index contributed by atoms with van der Waals surface area (Å²) in [5, 5.41) is 7.70. The highest BCUT2D eigenvalue weighted by molar-refractivity contribution is 7.90. The lowest BCUT2D eigenvalue weighted by atomic mass is 10.1. The fraction of sp³-hybridized carbons (Fsp3) is 0.296. The molecule has 0 fully saturated rings. The van der Waals surface area contributed by atoms with Crippen LogP contribution < -0.4 is 15.0 Å². The van der Waals surface area contributed by atoms with Crippen molar-refractivity contribution in [3.05, 3.63) is 78.0 Å². The molecule has 10 nitrogen and oxygen atoms in total. The van der Waals surface area contributed by atoms with E-state index in [1.807, 2.05) is 35.0 Å². The molecule has 4 aromatic rings. The van der Waals surface area contributed by atoms with Crippen molar-refractivity contribution < 1.29 is 17.9 Å². The second-order valence-corrected chi connectivity index (χ2v) is 11.4. The maximum atomic E-state index is 13.8. The Kier molecular flexibility index (Phi) is 6.80. The number of carbonyl (C=O) groups excluding carboxylic acids is 1. The van der Waals surface area contributed by atoms with Crippen LogP contribution in [-0.4, -0.2) is 59.6 Å². The van der Waals surface area contributed by atoms with Crippen molar-refractivity contribution in [2.75, 3.05) is 24.8 Å². The normalized spacial score (nSPS) is 13.7. The van der Waals surface area contributed by atoms with E-state index in [-0.39, 0.29) is 16.6 Å². The molecular formula is C27H30N6O4S. The fourth-order valence-electron chi connectivity index (χ4n) is 4.57. The van der Waals surface area contributed by atoms with Gasteiger partial charge in [0, 0.05) is 48.2 Å². The SMILES string of the molecule is COc1ccc(-n2nc(S(C)(=O)=O)c3c2C(=O)N(c2ccc(-n4ccnc4CNC(C)C)cc2)CC3)cc1. The lowest BCUT2D eigenvalue weighted by molar-refractivity contribution is 0.0973. The van der Waals surface area contributed by atoms with Crippen LogP contribution in [0.2, 0.25) is 0 Å². The number of fused-ring (bicyclic) bond motifs is 1. The van der Waals surface area contributed by atoms with Gasteiger partial charge < -0.3 is 19.5 Å². The third kappa shape index (κ3) is 4.82. The second kappa shape index (κ2) is 10.1. The topological polar surface area (TPSA) is 111 Å². The van der Waals surface area contributed by atoms with Crippen LogP contribution in [0.25, 0.3) is 11.4 Å². The van der Waals surface area contributed by atoms with Gasteiger partial charge in [0.05, 0.1) is 19.3 Å². The van der Waals surface area contributed by atoms with Crippen LogP contribution in [0.3, 0.4) is 0 Å². The van der Waals surface area contributed by atoms with Crippen LogP contribution in [0.15, 0.2) is 66.0 Å². The highest BCUT2D eigenvalue weighted by Crippen LogP contribution is 2.31. The minimum Gasteiger partial charge on any atom is -0.497 e. The van der Waals surface area contributed by atoms with Gasteiger partial charge in [-0.2, -0.15) is 5.10 Å². The molecule has 5 rings (SSSR count). The van der Waals surface area contributed by atoms with Crippen molar-refractivity contribution >= 4 is 21.4 Å². The highest BCUT2D eigenvalue weighted by atomic mass is 32.2. The molecule has 0 atom stereocenters. The Hall–Kier alpha value is -3.96. The average Bonchev–Trinajstić information content (AvgIpc) is 3.53. The van der Waals surface area contributed by atoms with E-state index in [1.54, 1.807) is 42.5 Å². The molecule has 0 spiro atoms. The van der Waals surface area contributed by atoms with E-state index in [0.29, 0.717) is 42.6 Å². The van der Waals surface area contributed by atoms with Gasteiger partial charge in [0.25, 0.3) is 5.91 Å². The lowest BCUT2D eigenvalue weighted by Crippen LogP contribution is -2.39. The zero-order valence-electron chi connectivity index (χ0n) is 21.7. The molecule has 2 aromatic heterocycles. The summed E-state index contributed by atoms with van der Waals surface area (Å²) in [6.07, 6.45) is 5.16. The lowest BCUT2D eigenvalue weighted by Gasteiger charge is -2.28. The molecule has 0 aliphatic carbocycles. The maximum Gasteiger partial charge on any atom is 0.277 e. The summed E-state index contributed by atoms with van der Waals surface area (Å²) in [6.45, 7) is 5.15.